The van der Waals surface area contributed by atoms with Crippen molar-refractivity contribution in [3.05, 3.63) is 21.4 Å². The zero-order chi connectivity index (χ0) is 15.0. The Hall–Kier alpha value is -1.34. The molecule has 3 amide bonds. The van der Waals surface area contributed by atoms with Crippen molar-refractivity contribution < 1.29 is 14.4 Å². The van der Waals surface area contributed by atoms with E-state index in [1.54, 1.807) is 0 Å². The molecule has 0 aliphatic carbocycles. The molecule has 3 heterocycles. The van der Waals surface area contributed by atoms with Gasteiger partial charge < -0.3 is 4.90 Å². The van der Waals surface area contributed by atoms with E-state index in [1.165, 1.54) is 26.7 Å². The van der Waals surface area contributed by atoms with Crippen LogP contribution in [0, 0.1) is 0 Å². The Balaban J connectivity index is 1.87. The Morgan fingerprint density at radius 3 is 3.00 bits per heavy atom. The van der Waals surface area contributed by atoms with Crippen molar-refractivity contribution >= 4 is 40.8 Å². The van der Waals surface area contributed by atoms with Crippen LogP contribution in [-0.4, -0.2) is 41.0 Å². The molecule has 112 valence electrons. The molecule has 7 heteroatoms. The molecule has 0 bridgehead atoms. The van der Waals surface area contributed by atoms with Gasteiger partial charge in [0.1, 0.15) is 12.6 Å². The molecule has 2 aliphatic rings. The molecule has 1 aromatic rings. The second kappa shape index (κ2) is 5.81. The quantitative estimate of drug-likeness (QED) is 0.836. The number of nitrogens with zero attached hydrogens (tertiary/aromatic N) is 1. The minimum Gasteiger partial charge on any atom is -0.317 e. The number of rotatable bonds is 2. The molecule has 1 saturated heterocycles. The molecule has 0 saturated carbocycles. The average Bonchev–Trinajstić information content (AvgIpc) is 2.89. The highest BCUT2D eigenvalue weighted by atomic mass is 32.2. The molecule has 1 aromatic heterocycles. The van der Waals surface area contributed by atoms with Gasteiger partial charge in [0.25, 0.3) is 5.91 Å². The number of nitrogens with one attached hydrogen (secondary N) is 1. The summed E-state index contributed by atoms with van der Waals surface area (Å²) in [7, 11) is 0. The SMILES string of the molecule is CCC1C(=O)NC(=O)CN1C(=O)c1cc2c(s1)CCSC2. The maximum Gasteiger partial charge on any atom is 0.265 e. The van der Waals surface area contributed by atoms with Crippen molar-refractivity contribution in [3.8, 4) is 0 Å². The zero-order valence-corrected chi connectivity index (χ0v) is 13.3. The number of piperazine rings is 1. The molecule has 1 N–H and O–H groups in total. The van der Waals surface area contributed by atoms with E-state index in [0.717, 1.165) is 17.9 Å². The van der Waals surface area contributed by atoms with Gasteiger partial charge in [-0.1, -0.05) is 6.92 Å². The lowest BCUT2D eigenvalue weighted by Crippen LogP contribution is -2.59. The largest absolute Gasteiger partial charge is 0.317 e. The van der Waals surface area contributed by atoms with Crippen LogP contribution in [0.3, 0.4) is 0 Å². The van der Waals surface area contributed by atoms with Crippen molar-refractivity contribution in [3.63, 3.8) is 0 Å². The fourth-order valence-electron chi connectivity index (χ4n) is 2.68. The summed E-state index contributed by atoms with van der Waals surface area (Å²) in [5.41, 5.74) is 1.22. The number of aryl methyl sites for hydroxylation is 1. The molecule has 1 atom stereocenters. The lowest BCUT2D eigenvalue weighted by molar-refractivity contribution is -0.138. The van der Waals surface area contributed by atoms with Crippen molar-refractivity contribution in [2.45, 2.75) is 31.6 Å². The predicted octanol–water partition coefficient (Wildman–Crippen LogP) is 1.41. The zero-order valence-electron chi connectivity index (χ0n) is 11.7. The van der Waals surface area contributed by atoms with Crippen molar-refractivity contribution in [2.24, 2.45) is 0 Å². The van der Waals surface area contributed by atoms with E-state index in [2.05, 4.69) is 5.32 Å². The standard InChI is InChI=1S/C14H16N2O3S2/c1-2-9-13(18)15-12(17)6-16(9)14(19)11-5-8-7-20-4-3-10(8)21-11/h5,9H,2-4,6-7H2,1H3,(H,15,17,18). The van der Waals surface area contributed by atoms with E-state index in [4.69, 9.17) is 0 Å². The summed E-state index contributed by atoms with van der Waals surface area (Å²) >= 11 is 3.37. The third-order valence-corrected chi connectivity index (χ3v) is 5.97. The maximum atomic E-state index is 12.7. The molecule has 1 fully saturated rings. The van der Waals surface area contributed by atoms with E-state index >= 15 is 0 Å². The summed E-state index contributed by atoms with van der Waals surface area (Å²) < 4.78 is 0. The van der Waals surface area contributed by atoms with Crippen molar-refractivity contribution in [1.82, 2.24) is 10.2 Å². The topological polar surface area (TPSA) is 66.5 Å². The monoisotopic (exact) mass is 324 g/mol. The molecule has 1 unspecified atom stereocenters. The van der Waals surface area contributed by atoms with Gasteiger partial charge >= 0.3 is 0 Å². The Kier molecular flexibility index (Phi) is 4.03. The van der Waals surface area contributed by atoms with Gasteiger partial charge in [0.2, 0.25) is 11.8 Å². The van der Waals surface area contributed by atoms with Crippen LogP contribution in [0.2, 0.25) is 0 Å². The summed E-state index contributed by atoms with van der Waals surface area (Å²) in [4.78, 5) is 39.4. The molecule has 3 rings (SSSR count). The predicted molar refractivity (Wildman–Crippen MR) is 82.5 cm³/mol. The van der Waals surface area contributed by atoms with Gasteiger partial charge in [-0.15, -0.1) is 11.3 Å². The number of hydrogen-bond acceptors (Lipinski definition) is 5. The minimum absolute atomic E-state index is 0.0413. The van der Waals surface area contributed by atoms with Gasteiger partial charge in [0.05, 0.1) is 4.88 Å². The van der Waals surface area contributed by atoms with E-state index in [-0.39, 0.29) is 18.4 Å². The first-order valence-electron chi connectivity index (χ1n) is 6.94. The smallest absolute Gasteiger partial charge is 0.265 e. The minimum atomic E-state index is -0.552. The van der Waals surface area contributed by atoms with Gasteiger partial charge in [-0.05, 0) is 30.2 Å². The molecule has 0 radical (unpaired) electrons. The van der Waals surface area contributed by atoms with Crippen LogP contribution in [0.4, 0.5) is 0 Å². The molecule has 21 heavy (non-hydrogen) atoms. The number of thioether (sulfide) groups is 1. The van der Waals surface area contributed by atoms with Gasteiger partial charge in [0.15, 0.2) is 0 Å². The van der Waals surface area contributed by atoms with E-state index in [9.17, 15) is 14.4 Å². The number of amides is 3. The third kappa shape index (κ3) is 2.72. The molecule has 0 aromatic carbocycles. The highest BCUT2D eigenvalue weighted by molar-refractivity contribution is 7.98. The lowest BCUT2D eigenvalue weighted by Gasteiger charge is -2.33. The Morgan fingerprint density at radius 1 is 1.48 bits per heavy atom. The molecule has 2 aliphatic heterocycles. The van der Waals surface area contributed by atoms with Crippen LogP contribution >= 0.6 is 23.1 Å². The van der Waals surface area contributed by atoms with E-state index in [1.807, 2.05) is 24.8 Å². The van der Waals surface area contributed by atoms with Crippen LogP contribution in [0.15, 0.2) is 6.07 Å². The first kappa shape index (κ1) is 14.6. The van der Waals surface area contributed by atoms with Crippen molar-refractivity contribution in [1.29, 1.82) is 0 Å². The fourth-order valence-corrected chi connectivity index (χ4v) is 5.01. The Bertz CT molecular complexity index is 588. The average molecular weight is 324 g/mol. The van der Waals surface area contributed by atoms with E-state index < -0.39 is 11.9 Å². The molecule has 0 spiro atoms. The Morgan fingerprint density at radius 2 is 2.29 bits per heavy atom. The highest BCUT2D eigenvalue weighted by Crippen LogP contribution is 2.32. The lowest BCUT2D eigenvalue weighted by atomic mass is 10.1. The fraction of sp³-hybridized carbons (Fsp3) is 0.500. The van der Waals surface area contributed by atoms with Gasteiger partial charge in [-0.3, -0.25) is 19.7 Å². The van der Waals surface area contributed by atoms with Gasteiger partial charge in [-0.25, -0.2) is 0 Å². The number of thiophene rings is 1. The summed E-state index contributed by atoms with van der Waals surface area (Å²) in [6, 6.07) is 1.38. The van der Waals surface area contributed by atoms with Crippen LogP contribution in [0.25, 0.3) is 0 Å². The van der Waals surface area contributed by atoms with Crippen LogP contribution in [0.5, 0.6) is 0 Å². The second-order valence-corrected chi connectivity index (χ2v) is 7.37. The van der Waals surface area contributed by atoms with Crippen LogP contribution in [-0.2, 0) is 21.8 Å². The summed E-state index contributed by atoms with van der Waals surface area (Å²) in [6.07, 6.45) is 1.50. The van der Waals surface area contributed by atoms with Crippen molar-refractivity contribution in [2.75, 3.05) is 12.3 Å². The van der Waals surface area contributed by atoms with Crippen LogP contribution in [0.1, 0.15) is 33.5 Å². The number of carbonyl (C=O) groups is 3. The number of imide groups is 1. The van der Waals surface area contributed by atoms with Crippen LogP contribution < -0.4 is 5.32 Å². The number of hydrogen-bond donors (Lipinski definition) is 1. The van der Waals surface area contributed by atoms with Gasteiger partial charge in [-0.2, -0.15) is 11.8 Å². The van der Waals surface area contributed by atoms with Gasteiger partial charge in [0, 0.05) is 10.6 Å². The first-order chi connectivity index (χ1) is 10.1. The highest BCUT2D eigenvalue weighted by Gasteiger charge is 2.36. The van der Waals surface area contributed by atoms with E-state index in [0.29, 0.717) is 11.3 Å². The summed E-state index contributed by atoms with van der Waals surface area (Å²) in [6.45, 7) is 1.80. The number of carbonyl (C=O) groups excluding carboxylic acids is 3. The first-order valence-corrected chi connectivity index (χ1v) is 8.91. The molecule has 5 nitrogen and oxygen atoms in total. The maximum absolute atomic E-state index is 12.7. The molecular formula is C14H16N2O3S2. The Labute approximate surface area is 131 Å². The normalized spacial score (nSPS) is 22.0. The number of fused-ring (bicyclic) bond motifs is 1. The molecular weight excluding hydrogens is 308 g/mol. The summed E-state index contributed by atoms with van der Waals surface area (Å²) in [5.74, 6) is 1.04. The third-order valence-electron chi connectivity index (χ3n) is 3.74. The second-order valence-electron chi connectivity index (χ2n) is 5.13. The summed E-state index contributed by atoms with van der Waals surface area (Å²) in [5, 5.41) is 2.29.